The van der Waals surface area contributed by atoms with E-state index in [9.17, 15) is 9.90 Å². The summed E-state index contributed by atoms with van der Waals surface area (Å²) in [6, 6.07) is 4.51. The Labute approximate surface area is 174 Å². The normalized spacial score (nSPS) is 36.9. The zero-order chi connectivity index (χ0) is 18.9. The minimum absolute atomic E-state index is 0. The van der Waals surface area contributed by atoms with Crippen molar-refractivity contribution < 1.29 is 14.6 Å². The van der Waals surface area contributed by atoms with Crippen molar-refractivity contribution in [1.29, 1.82) is 0 Å². The molecule has 1 aromatic carbocycles. The molecule has 4 nitrogen and oxygen atoms in total. The lowest BCUT2D eigenvalue weighted by atomic mass is 9.47. The molecular formula is C23H32ClNO3. The van der Waals surface area contributed by atoms with Crippen molar-refractivity contribution in [2.75, 3.05) is 20.2 Å². The molecule has 154 valence electrons. The zero-order valence-electron chi connectivity index (χ0n) is 17.1. The fourth-order valence-electron chi connectivity index (χ4n) is 6.63. The first kappa shape index (κ1) is 20.0. The number of fused-ring (bicyclic) bond motifs is 1. The highest BCUT2D eigenvalue weighted by Gasteiger charge is 2.60. The van der Waals surface area contributed by atoms with E-state index in [2.05, 4.69) is 24.8 Å². The SMILES string of the molecule is COc1ccc2c(c1O)[C@]13CCN(CC4CC4)[C@H](C2)[C@@H]1C(C)C(C)C(=O)C3.Cl. The van der Waals surface area contributed by atoms with Crippen LogP contribution >= 0.6 is 12.4 Å². The number of rotatable bonds is 3. The summed E-state index contributed by atoms with van der Waals surface area (Å²) in [7, 11) is 1.61. The lowest BCUT2D eigenvalue weighted by Gasteiger charge is -2.61. The molecule has 1 saturated heterocycles. The molecular weight excluding hydrogens is 374 g/mol. The van der Waals surface area contributed by atoms with Gasteiger partial charge in [0.25, 0.3) is 0 Å². The third-order valence-electron chi connectivity index (χ3n) is 8.28. The second-order valence-electron chi connectivity index (χ2n) is 9.58. The molecule has 2 bridgehead atoms. The van der Waals surface area contributed by atoms with E-state index in [0.717, 1.165) is 30.9 Å². The molecule has 3 aliphatic carbocycles. The molecule has 0 amide bonds. The van der Waals surface area contributed by atoms with Gasteiger partial charge < -0.3 is 9.84 Å². The first-order valence-corrected chi connectivity index (χ1v) is 10.6. The van der Waals surface area contributed by atoms with Crippen LogP contribution in [0, 0.1) is 23.7 Å². The van der Waals surface area contributed by atoms with Crippen molar-refractivity contribution in [1.82, 2.24) is 4.90 Å². The van der Waals surface area contributed by atoms with Gasteiger partial charge in [-0.2, -0.15) is 0 Å². The smallest absolute Gasteiger partial charge is 0.161 e. The van der Waals surface area contributed by atoms with Crippen LogP contribution in [0.25, 0.3) is 0 Å². The van der Waals surface area contributed by atoms with Gasteiger partial charge in [-0.15, -0.1) is 12.4 Å². The second kappa shape index (κ2) is 6.91. The highest BCUT2D eigenvalue weighted by Crippen LogP contribution is 2.61. The second-order valence-corrected chi connectivity index (χ2v) is 9.58. The Bertz CT molecular complexity index is 792. The highest BCUT2D eigenvalue weighted by atomic mass is 35.5. The van der Waals surface area contributed by atoms with Gasteiger partial charge in [-0.05, 0) is 61.6 Å². The van der Waals surface area contributed by atoms with E-state index in [0.29, 0.717) is 35.8 Å². The lowest BCUT2D eigenvalue weighted by molar-refractivity contribution is -0.138. The van der Waals surface area contributed by atoms with Crippen LogP contribution in [-0.2, 0) is 16.6 Å². The van der Waals surface area contributed by atoms with Gasteiger partial charge in [0, 0.05) is 35.9 Å². The molecule has 0 spiro atoms. The predicted octanol–water partition coefficient (Wildman–Crippen LogP) is 3.96. The first-order valence-electron chi connectivity index (χ1n) is 10.6. The van der Waals surface area contributed by atoms with Gasteiger partial charge in [0.1, 0.15) is 5.78 Å². The quantitative estimate of drug-likeness (QED) is 0.826. The number of aromatic hydroxyl groups is 1. The number of hydrogen-bond acceptors (Lipinski definition) is 4. The number of ketones is 1. The van der Waals surface area contributed by atoms with Crippen LogP contribution < -0.4 is 4.74 Å². The van der Waals surface area contributed by atoms with Crippen LogP contribution in [0.1, 0.15) is 50.7 Å². The fraction of sp³-hybridized carbons (Fsp3) is 0.696. The maximum atomic E-state index is 13.0. The molecule has 1 heterocycles. The molecule has 4 aliphatic rings. The van der Waals surface area contributed by atoms with Crippen molar-refractivity contribution in [2.24, 2.45) is 23.7 Å². The minimum Gasteiger partial charge on any atom is -0.504 e. The van der Waals surface area contributed by atoms with Gasteiger partial charge in [0.15, 0.2) is 11.5 Å². The summed E-state index contributed by atoms with van der Waals surface area (Å²) in [6.45, 7) is 6.64. The van der Waals surface area contributed by atoms with Crippen LogP contribution in [0.5, 0.6) is 11.5 Å². The molecule has 1 N–H and O–H groups in total. The number of benzene rings is 1. The lowest BCUT2D eigenvalue weighted by Crippen LogP contribution is -2.65. The van der Waals surface area contributed by atoms with E-state index in [1.54, 1.807) is 7.11 Å². The maximum Gasteiger partial charge on any atom is 0.161 e. The zero-order valence-corrected chi connectivity index (χ0v) is 17.9. The molecule has 5 atom stereocenters. The topological polar surface area (TPSA) is 49.8 Å². The van der Waals surface area contributed by atoms with Crippen molar-refractivity contribution in [3.05, 3.63) is 23.3 Å². The van der Waals surface area contributed by atoms with E-state index < -0.39 is 0 Å². The molecule has 3 fully saturated rings. The van der Waals surface area contributed by atoms with Crippen LogP contribution in [0.2, 0.25) is 0 Å². The fourth-order valence-corrected chi connectivity index (χ4v) is 6.63. The predicted molar refractivity (Wildman–Crippen MR) is 111 cm³/mol. The molecule has 2 saturated carbocycles. The van der Waals surface area contributed by atoms with Gasteiger partial charge in [-0.1, -0.05) is 19.9 Å². The Morgan fingerprint density at radius 3 is 2.71 bits per heavy atom. The van der Waals surface area contributed by atoms with E-state index in [-0.39, 0.29) is 29.5 Å². The Morgan fingerprint density at radius 1 is 1.29 bits per heavy atom. The van der Waals surface area contributed by atoms with Crippen molar-refractivity contribution >= 4 is 18.2 Å². The van der Waals surface area contributed by atoms with Gasteiger partial charge in [0.2, 0.25) is 0 Å². The Kier molecular flexibility index (Phi) is 4.95. The summed E-state index contributed by atoms with van der Waals surface area (Å²) in [6.07, 6.45) is 5.27. The molecule has 0 aromatic heterocycles. The maximum absolute atomic E-state index is 13.0. The van der Waals surface area contributed by atoms with E-state index in [4.69, 9.17) is 4.74 Å². The number of ether oxygens (including phenoxy) is 1. The largest absolute Gasteiger partial charge is 0.504 e. The molecule has 1 aliphatic heterocycles. The number of carbonyl (C=O) groups is 1. The molecule has 28 heavy (non-hydrogen) atoms. The Balaban J connectivity index is 0.00000192. The summed E-state index contributed by atoms with van der Waals surface area (Å²) >= 11 is 0. The Hall–Kier alpha value is -1.26. The number of likely N-dealkylation sites (tertiary alicyclic amines) is 1. The number of hydrogen-bond donors (Lipinski definition) is 1. The van der Waals surface area contributed by atoms with E-state index in [1.807, 2.05) is 6.07 Å². The standard InChI is InChI=1S/C23H31NO3.ClH/c1-13-14(2)20-17-10-16-6-7-19(27-3)22(26)21(16)23(20,11-18(13)25)8-9-24(17)12-15-4-5-15;/h6-7,13-15,17,20,26H,4-5,8-12H2,1-3H3;1H/t13?,14?,17-,20+,23+;/m1./s1. The summed E-state index contributed by atoms with van der Waals surface area (Å²) in [4.78, 5) is 15.7. The first-order chi connectivity index (χ1) is 13.0. The molecule has 2 unspecified atom stereocenters. The number of piperidine rings is 1. The Morgan fingerprint density at radius 2 is 2.04 bits per heavy atom. The average molecular weight is 406 g/mol. The summed E-state index contributed by atoms with van der Waals surface area (Å²) in [5, 5.41) is 11.1. The summed E-state index contributed by atoms with van der Waals surface area (Å²) in [5.41, 5.74) is 2.03. The van der Waals surface area contributed by atoms with Crippen molar-refractivity contribution in [3.8, 4) is 11.5 Å². The number of halogens is 1. The number of phenolic OH excluding ortho intramolecular Hbond substituents is 1. The van der Waals surface area contributed by atoms with Crippen LogP contribution in [-0.4, -0.2) is 42.0 Å². The number of methoxy groups -OCH3 is 1. The summed E-state index contributed by atoms with van der Waals surface area (Å²) < 4.78 is 5.44. The molecule has 1 aromatic rings. The van der Waals surface area contributed by atoms with E-state index >= 15 is 0 Å². The minimum atomic E-state index is -0.222. The highest BCUT2D eigenvalue weighted by molar-refractivity contribution is 5.85. The van der Waals surface area contributed by atoms with Gasteiger partial charge >= 0.3 is 0 Å². The summed E-state index contributed by atoms with van der Waals surface area (Å²) in [5.74, 6) is 2.95. The van der Waals surface area contributed by atoms with Crippen LogP contribution in [0.3, 0.4) is 0 Å². The van der Waals surface area contributed by atoms with Crippen LogP contribution in [0.4, 0.5) is 0 Å². The van der Waals surface area contributed by atoms with E-state index in [1.165, 1.54) is 24.9 Å². The van der Waals surface area contributed by atoms with Crippen LogP contribution in [0.15, 0.2) is 12.1 Å². The molecule has 0 radical (unpaired) electrons. The third kappa shape index (κ3) is 2.71. The number of carbonyl (C=O) groups excluding carboxylic acids is 1. The number of nitrogens with zero attached hydrogens (tertiary/aromatic N) is 1. The number of phenols is 1. The van der Waals surface area contributed by atoms with Gasteiger partial charge in [-0.3, -0.25) is 9.69 Å². The average Bonchev–Trinajstić information content (AvgIpc) is 3.46. The van der Waals surface area contributed by atoms with Gasteiger partial charge in [0.05, 0.1) is 7.11 Å². The monoisotopic (exact) mass is 405 g/mol. The molecule has 5 heteroatoms. The van der Waals surface area contributed by atoms with Crippen molar-refractivity contribution in [3.63, 3.8) is 0 Å². The van der Waals surface area contributed by atoms with Crippen molar-refractivity contribution in [2.45, 2.75) is 57.4 Å². The third-order valence-corrected chi connectivity index (χ3v) is 8.28. The number of Topliss-reactive ketones (excluding diaryl/α,β-unsaturated/α-hetero) is 1. The molecule has 5 rings (SSSR count). The van der Waals surface area contributed by atoms with Gasteiger partial charge in [-0.25, -0.2) is 0 Å².